The molecule has 0 unspecified atom stereocenters. The fourth-order valence-electron chi connectivity index (χ4n) is 1.76. The third kappa shape index (κ3) is 5.32. The summed E-state index contributed by atoms with van der Waals surface area (Å²) in [7, 11) is -3.33. The van der Waals surface area contributed by atoms with Crippen molar-refractivity contribution in [2.75, 3.05) is 30.4 Å². The normalized spacial score (nSPS) is 12.2. The van der Waals surface area contributed by atoms with Crippen molar-refractivity contribution >= 4 is 27.5 Å². The van der Waals surface area contributed by atoms with Gasteiger partial charge in [-0.3, -0.25) is 0 Å². The molecule has 5 nitrogen and oxygen atoms in total. The van der Waals surface area contributed by atoms with Crippen LogP contribution in [0.1, 0.15) is 13.8 Å². The Bertz CT molecular complexity index is 501. The van der Waals surface area contributed by atoms with Crippen LogP contribution < -0.4 is 5.73 Å². The second-order valence-electron chi connectivity index (χ2n) is 4.66. The van der Waals surface area contributed by atoms with Crippen LogP contribution in [0.4, 0.5) is 5.69 Å². The van der Waals surface area contributed by atoms with Gasteiger partial charge in [-0.2, -0.15) is 4.31 Å². The maximum atomic E-state index is 12.2. The van der Waals surface area contributed by atoms with Crippen molar-refractivity contribution in [1.29, 1.82) is 0 Å². The molecule has 114 valence electrons. The van der Waals surface area contributed by atoms with Gasteiger partial charge in [-0.25, -0.2) is 8.42 Å². The minimum Gasteiger partial charge on any atom is -0.399 e. The molecule has 7 heteroatoms. The van der Waals surface area contributed by atoms with Crippen molar-refractivity contribution in [1.82, 2.24) is 4.31 Å². The van der Waals surface area contributed by atoms with Crippen molar-refractivity contribution in [2.45, 2.75) is 24.8 Å². The van der Waals surface area contributed by atoms with E-state index in [2.05, 4.69) is 0 Å². The van der Waals surface area contributed by atoms with Crippen LogP contribution in [0.15, 0.2) is 29.2 Å². The second kappa shape index (κ2) is 7.87. The minimum absolute atomic E-state index is 0.0558. The molecule has 0 aliphatic rings. The van der Waals surface area contributed by atoms with E-state index in [9.17, 15) is 8.42 Å². The Morgan fingerprint density at radius 1 is 1.30 bits per heavy atom. The molecule has 0 spiro atoms. The highest BCUT2D eigenvalue weighted by Gasteiger charge is 2.23. The lowest BCUT2D eigenvalue weighted by atomic mass is 10.3. The van der Waals surface area contributed by atoms with Crippen LogP contribution in [0, 0.1) is 0 Å². The summed E-state index contributed by atoms with van der Waals surface area (Å²) in [6.45, 7) is 3.59. The van der Waals surface area contributed by atoms with Gasteiger partial charge >= 0.3 is 0 Å². The molecular weight excluding hydrogens is 296 g/mol. The molecule has 1 aromatic rings. The lowest BCUT2D eigenvalue weighted by molar-refractivity contribution is 0.237. The zero-order valence-corrected chi connectivity index (χ0v) is 13.5. The molecule has 1 aromatic carbocycles. The molecule has 0 aliphatic carbocycles. The van der Waals surface area contributed by atoms with Gasteiger partial charge in [0.1, 0.15) is 0 Å². The Morgan fingerprint density at radius 2 is 1.90 bits per heavy atom. The number of nitrogens with zero attached hydrogens (tertiary/aromatic N) is 1. The Kier molecular flexibility index (Phi) is 6.81. The minimum atomic E-state index is -3.33. The van der Waals surface area contributed by atoms with Crippen LogP contribution in [0.3, 0.4) is 0 Å². The number of hydrogen-bond donors (Lipinski definition) is 2. The Hall–Kier alpha value is -0.760. The Morgan fingerprint density at radius 3 is 2.40 bits per heavy atom. The number of nitrogens with two attached hydrogens (primary N) is 1. The van der Waals surface area contributed by atoms with Crippen LogP contribution in [0.5, 0.6) is 0 Å². The standard InChI is InChI=1S/C13H22N2O3S2/c1-11(2)15(7-8-16)20(17,18)10-9-19-13-5-3-12(14)4-6-13/h3-6,11,16H,7-10,14H2,1-2H3. The number of nitrogen functional groups attached to an aromatic ring is 1. The van der Waals surface area contributed by atoms with E-state index in [0.29, 0.717) is 11.4 Å². The quantitative estimate of drug-likeness (QED) is 0.559. The number of rotatable bonds is 8. The largest absolute Gasteiger partial charge is 0.399 e. The summed E-state index contributed by atoms with van der Waals surface area (Å²) in [5.74, 6) is 0.529. The summed E-state index contributed by atoms with van der Waals surface area (Å²) in [6, 6.07) is 7.20. The summed E-state index contributed by atoms with van der Waals surface area (Å²) in [6.07, 6.45) is 0. The monoisotopic (exact) mass is 318 g/mol. The number of hydrogen-bond acceptors (Lipinski definition) is 5. The zero-order valence-electron chi connectivity index (χ0n) is 11.8. The summed E-state index contributed by atoms with van der Waals surface area (Å²) in [5.41, 5.74) is 6.29. The van der Waals surface area contributed by atoms with E-state index in [-0.39, 0.29) is 24.9 Å². The predicted molar refractivity (Wildman–Crippen MR) is 84.3 cm³/mol. The molecule has 20 heavy (non-hydrogen) atoms. The summed E-state index contributed by atoms with van der Waals surface area (Å²) in [4.78, 5) is 0.993. The smallest absolute Gasteiger partial charge is 0.215 e. The average Bonchev–Trinajstić information content (AvgIpc) is 2.37. The first-order valence-corrected chi connectivity index (χ1v) is 9.05. The molecular formula is C13H22N2O3S2. The fourth-order valence-corrected chi connectivity index (χ4v) is 4.74. The highest BCUT2D eigenvalue weighted by molar-refractivity contribution is 8.00. The maximum absolute atomic E-state index is 12.2. The van der Waals surface area contributed by atoms with Crippen molar-refractivity contribution in [2.24, 2.45) is 0 Å². The third-order valence-electron chi connectivity index (χ3n) is 2.74. The molecule has 0 aromatic heterocycles. The summed E-state index contributed by atoms with van der Waals surface area (Å²) in [5, 5.41) is 8.96. The first kappa shape index (κ1) is 17.3. The topological polar surface area (TPSA) is 83.6 Å². The van der Waals surface area contributed by atoms with Gasteiger partial charge in [-0.05, 0) is 38.1 Å². The van der Waals surface area contributed by atoms with Crippen LogP contribution >= 0.6 is 11.8 Å². The Balaban J connectivity index is 2.56. The van der Waals surface area contributed by atoms with Crippen LogP contribution in [-0.4, -0.2) is 48.5 Å². The zero-order chi connectivity index (χ0) is 15.2. The van der Waals surface area contributed by atoms with Crippen molar-refractivity contribution in [3.63, 3.8) is 0 Å². The van der Waals surface area contributed by atoms with Crippen molar-refractivity contribution in [3.05, 3.63) is 24.3 Å². The number of sulfonamides is 1. The lowest BCUT2D eigenvalue weighted by Crippen LogP contribution is -2.40. The Labute approximate surface area is 125 Å². The number of aliphatic hydroxyl groups excluding tert-OH is 1. The maximum Gasteiger partial charge on any atom is 0.215 e. The van der Waals surface area contributed by atoms with Gasteiger partial charge in [0.05, 0.1) is 12.4 Å². The lowest BCUT2D eigenvalue weighted by Gasteiger charge is -2.24. The van der Waals surface area contributed by atoms with Crippen LogP contribution in [0.25, 0.3) is 0 Å². The van der Waals surface area contributed by atoms with E-state index < -0.39 is 10.0 Å². The van der Waals surface area contributed by atoms with E-state index in [1.807, 2.05) is 12.1 Å². The molecule has 0 aliphatic heterocycles. The molecule has 0 amide bonds. The number of aliphatic hydroxyl groups is 1. The molecule has 0 radical (unpaired) electrons. The summed E-state index contributed by atoms with van der Waals surface area (Å²) < 4.78 is 25.7. The molecule has 0 saturated carbocycles. The predicted octanol–water partition coefficient (Wildman–Crippen LogP) is 1.39. The summed E-state index contributed by atoms with van der Waals surface area (Å²) >= 11 is 1.48. The molecule has 0 fully saturated rings. The number of thioether (sulfide) groups is 1. The average molecular weight is 318 g/mol. The van der Waals surface area contributed by atoms with E-state index in [1.54, 1.807) is 26.0 Å². The van der Waals surface area contributed by atoms with Gasteiger partial charge in [-0.1, -0.05) is 0 Å². The molecule has 0 saturated heterocycles. The highest BCUT2D eigenvalue weighted by atomic mass is 32.2. The fraction of sp³-hybridized carbons (Fsp3) is 0.538. The van der Waals surface area contributed by atoms with E-state index in [1.165, 1.54) is 16.1 Å². The third-order valence-corrected chi connectivity index (χ3v) is 6.05. The van der Waals surface area contributed by atoms with Crippen molar-refractivity contribution in [3.8, 4) is 0 Å². The molecule has 0 heterocycles. The van der Waals surface area contributed by atoms with Gasteiger partial charge < -0.3 is 10.8 Å². The van der Waals surface area contributed by atoms with Gasteiger partial charge in [0.15, 0.2) is 0 Å². The SMILES string of the molecule is CC(C)N(CCO)S(=O)(=O)CCSc1ccc(N)cc1. The molecule has 0 atom stereocenters. The highest BCUT2D eigenvalue weighted by Crippen LogP contribution is 2.20. The van der Waals surface area contributed by atoms with E-state index in [0.717, 1.165) is 4.90 Å². The second-order valence-corrected chi connectivity index (χ2v) is 7.87. The van der Waals surface area contributed by atoms with Gasteiger partial charge in [0.2, 0.25) is 10.0 Å². The van der Waals surface area contributed by atoms with Gasteiger partial charge in [0, 0.05) is 28.9 Å². The van der Waals surface area contributed by atoms with E-state index in [4.69, 9.17) is 10.8 Å². The van der Waals surface area contributed by atoms with Crippen LogP contribution in [0.2, 0.25) is 0 Å². The molecule has 1 rings (SSSR count). The van der Waals surface area contributed by atoms with Crippen molar-refractivity contribution < 1.29 is 13.5 Å². The molecule has 3 N–H and O–H groups in total. The van der Waals surface area contributed by atoms with Crippen LogP contribution in [-0.2, 0) is 10.0 Å². The van der Waals surface area contributed by atoms with Gasteiger partial charge in [0.25, 0.3) is 0 Å². The number of anilines is 1. The molecule has 0 bridgehead atoms. The first-order chi connectivity index (χ1) is 9.36. The first-order valence-electron chi connectivity index (χ1n) is 6.45. The van der Waals surface area contributed by atoms with Gasteiger partial charge in [-0.15, -0.1) is 11.8 Å². The van der Waals surface area contributed by atoms with E-state index >= 15 is 0 Å². The number of benzene rings is 1.